The molecule has 0 amide bonds. The smallest absolute Gasteiger partial charge is 0.243 e. The summed E-state index contributed by atoms with van der Waals surface area (Å²) in [6, 6.07) is 0. The minimum atomic E-state index is 1.08. The highest BCUT2D eigenvalue weighted by atomic mass is 15.5. The summed E-state index contributed by atoms with van der Waals surface area (Å²) in [6.45, 7) is 10.4. The number of hydrogen-bond donors (Lipinski definition) is 0. The van der Waals surface area contributed by atoms with Crippen LogP contribution in [0, 0.1) is 0 Å². The SMILES string of the molecule is CCCN1C=C[N+](C)(CCCCCn2cc[n+](CCC)c2)C1. The first-order chi connectivity index (χ1) is 10.6. The summed E-state index contributed by atoms with van der Waals surface area (Å²) in [4.78, 5) is 2.45. The van der Waals surface area contributed by atoms with Crippen LogP contribution in [-0.2, 0) is 13.1 Å². The number of aromatic nitrogens is 2. The number of rotatable bonds is 10. The molecule has 0 aromatic carbocycles. The second-order valence-electron chi connectivity index (χ2n) is 6.90. The van der Waals surface area contributed by atoms with Crippen LogP contribution in [-0.4, -0.2) is 40.8 Å². The molecule has 0 bridgehead atoms. The van der Waals surface area contributed by atoms with Crippen LogP contribution in [0.25, 0.3) is 0 Å². The lowest BCUT2D eigenvalue weighted by molar-refractivity contribution is -0.861. The fourth-order valence-electron chi connectivity index (χ4n) is 3.25. The molecular weight excluding hydrogens is 272 g/mol. The molecule has 1 aromatic heterocycles. The zero-order chi connectivity index (χ0) is 15.8. The van der Waals surface area contributed by atoms with Gasteiger partial charge < -0.3 is 4.90 Å². The highest BCUT2D eigenvalue weighted by molar-refractivity contribution is 4.80. The van der Waals surface area contributed by atoms with E-state index in [-0.39, 0.29) is 0 Å². The van der Waals surface area contributed by atoms with E-state index in [1.165, 1.54) is 45.2 Å². The zero-order valence-corrected chi connectivity index (χ0v) is 14.7. The first-order valence-corrected chi connectivity index (χ1v) is 8.97. The van der Waals surface area contributed by atoms with Gasteiger partial charge in [0.15, 0.2) is 6.67 Å². The Morgan fingerprint density at radius 2 is 1.95 bits per heavy atom. The number of quaternary nitrogens is 1. The molecule has 0 spiro atoms. The molecule has 0 aliphatic carbocycles. The van der Waals surface area contributed by atoms with E-state index >= 15 is 0 Å². The summed E-state index contributed by atoms with van der Waals surface area (Å²) < 4.78 is 5.69. The standard InChI is InChI=1S/C18H34N4/c1-4-9-19-12-13-20(17-19)11-7-6-8-15-22(3)16-14-21(18-22)10-5-2/h12-14,16-17H,4-11,15,18H2,1-3H3/q+2. The summed E-state index contributed by atoms with van der Waals surface area (Å²) >= 11 is 0. The maximum absolute atomic E-state index is 2.45. The van der Waals surface area contributed by atoms with Gasteiger partial charge >= 0.3 is 0 Å². The lowest BCUT2D eigenvalue weighted by Gasteiger charge is -2.28. The Morgan fingerprint density at radius 1 is 1.09 bits per heavy atom. The highest BCUT2D eigenvalue weighted by Crippen LogP contribution is 2.17. The Hall–Kier alpha value is -1.29. The van der Waals surface area contributed by atoms with Crippen molar-refractivity contribution in [1.29, 1.82) is 0 Å². The molecule has 2 heterocycles. The molecule has 124 valence electrons. The van der Waals surface area contributed by atoms with Crippen molar-refractivity contribution >= 4 is 0 Å². The fourth-order valence-corrected chi connectivity index (χ4v) is 3.25. The van der Waals surface area contributed by atoms with Crippen molar-refractivity contribution in [3.05, 3.63) is 31.1 Å². The quantitative estimate of drug-likeness (QED) is 0.368. The Labute approximate surface area is 136 Å². The average molecular weight is 306 g/mol. The van der Waals surface area contributed by atoms with Gasteiger partial charge in [-0.25, -0.2) is 9.13 Å². The summed E-state index contributed by atoms with van der Waals surface area (Å²) in [7, 11) is 2.35. The lowest BCUT2D eigenvalue weighted by Crippen LogP contribution is -2.41. The molecular formula is C18H34N4+2. The van der Waals surface area contributed by atoms with Gasteiger partial charge in [-0.3, -0.25) is 4.48 Å². The first kappa shape index (κ1) is 17.1. The Balaban J connectivity index is 1.60. The van der Waals surface area contributed by atoms with Crippen molar-refractivity contribution in [1.82, 2.24) is 9.47 Å². The van der Waals surface area contributed by atoms with E-state index < -0.39 is 0 Å². The molecule has 1 unspecified atom stereocenters. The maximum Gasteiger partial charge on any atom is 0.243 e. The second kappa shape index (κ2) is 8.37. The second-order valence-corrected chi connectivity index (χ2v) is 6.90. The van der Waals surface area contributed by atoms with E-state index in [2.05, 4.69) is 66.1 Å². The van der Waals surface area contributed by atoms with Crippen LogP contribution in [0.5, 0.6) is 0 Å². The van der Waals surface area contributed by atoms with Crippen LogP contribution in [0.3, 0.4) is 0 Å². The summed E-state index contributed by atoms with van der Waals surface area (Å²) in [5.74, 6) is 0. The van der Waals surface area contributed by atoms with Gasteiger partial charge in [0.2, 0.25) is 6.33 Å². The van der Waals surface area contributed by atoms with Gasteiger partial charge in [-0.15, -0.1) is 0 Å². The third kappa shape index (κ3) is 5.16. The van der Waals surface area contributed by atoms with Gasteiger partial charge in [0.25, 0.3) is 0 Å². The number of nitrogens with zero attached hydrogens (tertiary/aromatic N) is 4. The number of aryl methyl sites for hydroxylation is 2. The normalized spacial score (nSPS) is 21.0. The molecule has 0 fully saturated rings. The van der Waals surface area contributed by atoms with Gasteiger partial charge in [0.05, 0.1) is 32.9 Å². The van der Waals surface area contributed by atoms with E-state index in [4.69, 9.17) is 0 Å². The Morgan fingerprint density at radius 3 is 2.73 bits per heavy atom. The van der Waals surface area contributed by atoms with Gasteiger partial charge in [0.1, 0.15) is 18.6 Å². The molecule has 0 saturated carbocycles. The van der Waals surface area contributed by atoms with Gasteiger partial charge in [-0.2, -0.15) is 0 Å². The van der Waals surface area contributed by atoms with E-state index in [9.17, 15) is 0 Å². The van der Waals surface area contributed by atoms with Crippen molar-refractivity contribution in [2.24, 2.45) is 0 Å². The van der Waals surface area contributed by atoms with E-state index in [1.54, 1.807) is 0 Å². The predicted molar refractivity (Wildman–Crippen MR) is 90.8 cm³/mol. The van der Waals surface area contributed by atoms with Crippen LogP contribution in [0.15, 0.2) is 31.1 Å². The fraction of sp³-hybridized carbons (Fsp3) is 0.722. The molecule has 0 saturated heterocycles. The molecule has 4 heteroatoms. The molecule has 22 heavy (non-hydrogen) atoms. The van der Waals surface area contributed by atoms with Crippen LogP contribution in [0.4, 0.5) is 0 Å². The van der Waals surface area contributed by atoms with Crippen LogP contribution < -0.4 is 4.57 Å². The molecule has 1 aromatic rings. The molecule has 2 rings (SSSR count). The lowest BCUT2D eigenvalue weighted by atomic mass is 10.2. The third-order valence-electron chi connectivity index (χ3n) is 4.47. The number of unbranched alkanes of at least 4 members (excludes halogenated alkanes) is 2. The minimum Gasteiger partial charge on any atom is -0.326 e. The van der Waals surface area contributed by atoms with Gasteiger partial charge in [0, 0.05) is 6.54 Å². The van der Waals surface area contributed by atoms with E-state index in [1.807, 2.05) is 0 Å². The molecule has 0 radical (unpaired) electrons. The molecule has 1 aliphatic rings. The predicted octanol–water partition coefficient (Wildman–Crippen LogP) is 2.96. The third-order valence-corrected chi connectivity index (χ3v) is 4.47. The Bertz CT molecular complexity index is 465. The monoisotopic (exact) mass is 306 g/mol. The summed E-state index contributed by atoms with van der Waals surface area (Å²) in [5.41, 5.74) is 0. The molecule has 4 nitrogen and oxygen atoms in total. The topological polar surface area (TPSA) is 12.1 Å². The average Bonchev–Trinajstić information content (AvgIpc) is 3.07. The van der Waals surface area contributed by atoms with Gasteiger partial charge in [-0.1, -0.05) is 13.8 Å². The van der Waals surface area contributed by atoms with Crippen molar-refractivity contribution in [2.75, 3.05) is 26.8 Å². The maximum atomic E-state index is 2.45. The van der Waals surface area contributed by atoms with Crippen LogP contribution >= 0.6 is 0 Å². The summed E-state index contributed by atoms with van der Waals surface area (Å²) in [6.07, 6.45) is 17.6. The molecule has 1 aliphatic heterocycles. The molecule has 0 N–H and O–H groups in total. The van der Waals surface area contributed by atoms with Crippen LogP contribution in [0.2, 0.25) is 0 Å². The van der Waals surface area contributed by atoms with Gasteiger partial charge in [-0.05, 0) is 32.1 Å². The number of hydrogen-bond acceptors (Lipinski definition) is 1. The highest BCUT2D eigenvalue weighted by Gasteiger charge is 2.26. The van der Waals surface area contributed by atoms with Crippen molar-refractivity contribution in [2.45, 2.75) is 59.0 Å². The van der Waals surface area contributed by atoms with Crippen molar-refractivity contribution in [3.63, 3.8) is 0 Å². The largest absolute Gasteiger partial charge is 0.326 e. The first-order valence-electron chi connectivity index (χ1n) is 8.97. The summed E-state index contributed by atoms with van der Waals surface area (Å²) in [5, 5.41) is 0. The van der Waals surface area contributed by atoms with E-state index in [0.717, 1.165) is 24.2 Å². The van der Waals surface area contributed by atoms with Crippen LogP contribution in [0.1, 0.15) is 46.0 Å². The number of imidazole rings is 1. The van der Waals surface area contributed by atoms with E-state index in [0.29, 0.717) is 0 Å². The van der Waals surface area contributed by atoms with Crippen molar-refractivity contribution in [3.8, 4) is 0 Å². The zero-order valence-electron chi connectivity index (χ0n) is 14.7. The molecule has 1 atom stereocenters. The van der Waals surface area contributed by atoms with Crippen molar-refractivity contribution < 1.29 is 9.05 Å². The minimum absolute atomic E-state index is 1.08. The Kier molecular flexibility index (Phi) is 6.49.